The monoisotopic (exact) mass is 133 g/mol. The van der Waals surface area contributed by atoms with Crippen molar-refractivity contribution in [2.24, 2.45) is 5.41 Å². The molecule has 0 aromatic rings. The maximum Gasteiger partial charge on any atom is 0.0495 e. The maximum absolute atomic E-state index is 8.74. The predicted molar refractivity (Wildman–Crippen MR) is 35.3 cm³/mol. The van der Waals surface area contributed by atoms with E-state index < -0.39 is 0 Å². The van der Waals surface area contributed by atoms with Gasteiger partial charge in [0, 0.05) is 25.6 Å². The van der Waals surface area contributed by atoms with Crippen LogP contribution in [0.15, 0.2) is 0 Å². The molecule has 0 aromatic heterocycles. The highest BCUT2D eigenvalue weighted by Gasteiger charge is 2.17. The molecule has 0 fully saturated rings. The Bertz CT molecular complexity index is 81.1. The average molecular weight is 133 g/mol. The number of hydrogen-bond acceptors (Lipinski definition) is 3. The SMILES string of the molecule is CN(O)CC(C)(C)CO. The molecule has 0 radical (unpaired) electrons. The molecule has 0 spiro atoms. The summed E-state index contributed by atoms with van der Waals surface area (Å²) in [6.45, 7) is 4.36. The lowest BCUT2D eigenvalue weighted by molar-refractivity contribution is -0.0953. The van der Waals surface area contributed by atoms with Gasteiger partial charge in [0.1, 0.15) is 0 Å². The summed E-state index contributed by atoms with van der Waals surface area (Å²) in [5.41, 5.74) is -0.205. The molecule has 0 aliphatic rings. The molecule has 0 heterocycles. The zero-order chi connectivity index (χ0) is 7.49. The Labute approximate surface area is 55.9 Å². The predicted octanol–water partition coefficient (Wildman–Crippen LogP) is 0.326. The molecule has 0 amide bonds. The van der Waals surface area contributed by atoms with Crippen molar-refractivity contribution in [1.82, 2.24) is 5.06 Å². The fourth-order valence-electron chi connectivity index (χ4n) is 0.669. The van der Waals surface area contributed by atoms with Gasteiger partial charge in [-0.05, 0) is 0 Å². The minimum absolute atomic E-state index is 0.0951. The first kappa shape index (κ1) is 8.88. The van der Waals surface area contributed by atoms with E-state index in [4.69, 9.17) is 10.3 Å². The highest BCUT2D eigenvalue weighted by Crippen LogP contribution is 2.13. The van der Waals surface area contributed by atoms with Crippen molar-refractivity contribution in [2.45, 2.75) is 13.8 Å². The second-order valence-electron chi connectivity index (χ2n) is 3.14. The smallest absolute Gasteiger partial charge is 0.0495 e. The summed E-state index contributed by atoms with van der Waals surface area (Å²) in [4.78, 5) is 0. The van der Waals surface area contributed by atoms with Crippen molar-refractivity contribution < 1.29 is 10.3 Å². The van der Waals surface area contributed by atoms with Crippen molar-refractivity contribution in [3.8, 4) is 0 Å². The first-order chi connectivity index (χ1) is 3.98. The third kappa shape index (κ3) is 4.39. The zero-order valence-corrected chi connectivity index (χ0v) is 6.26. The molecule has 0 aliphatic carbocycles. The lowest BCUT2D eigenvalue weighted by Crippen LogP contribution is -2.31. The van der Waals surface area contributed by atoms with Crippen LogP contribution >= 0.6 is 0 Å². The van der Waals surface area contributed by atoms with Crippen LogP contribution in [0.2, 0.25) is 0 Å². The molecule has 0 aromatic carbocycles. The Kier molecular flexibility index (Phi) is 3.11. The maximum atomic E-state index is 8.74. The highest BCUT2D eigenvalue weighted by atomic mass is 16.5. The molecule has 0 atom stereocenters. The molecular weight excluding hydrogens is 118 g/mol. The van der Waals surface area contributed by atoms with E-state index in [1.165, 1.54) is 0 Å². The topological polar surface area (TPSA) is 43.7 Å². The fourth-order valence-corrected chi connectivity index (χ4v) is 0.669. The zero-order valence-electron chi connectivity index (χ0n) is 6.26. The van der Waals surface area contributed by atoms with Gasteiger partial charge < -0.3 is 10.3 Å². The number of hydroxylamine groups is 2. The van der Waals surface area contributed by atoms with Crippen molar-refractivity contribution in [2.75, 3.05) is 20.2 Å². The molecule has 2 N–H and O–H groups in total. The van der Waals surface area contributed by atoms with Crippen molar-refractivity contribution in [1.29, 1.82) is 0 Å². The molecule has 0 aliphatic heterocycles. The molecule has 3 heteroatoms. The van der Waals surface area contributed by atoms with Crippen LogP contribution in [0, 0.1) is 5.41 Å². The molecule has 3 nitrogen and oxygen atoms in total. The van der Waals surface area contributed by atoms with E-state index in [1.54, 1.807) is 7.05 Å². The Hall–Kier alpha value is -0.120. The molecular formula is C6H15NO2. The molecule has 9 heavy (non-hydrogen) atoms. The van der Waals surface area contributed by atoms with Crippen molar-refractivity contribution in [3.05, 3.63) is 0 Å². The minimum atomic E-state index is -0.205. The van der Waals surface area contributed by atoms with Crippen LogP contribution in [0.4, 0.5) is 0 Å². The number of aliphatic hydroxyl groups excluding tert-OH is 1. The standard InChI is InChI=1S/C6H15NO2/c1-6(2,5-8)4-7(3)9/h8-9H,4-5H2,1-3H3. The molecule has 56 valence electrons. The van der Waals surface area contributed by atoms with E-state index >= 15 is 0 Å². The summed E-state index contributed by atoms with van der Waals surface area (Å²) in [7, 11) is 1.57. The van der Waals surface area contributed by atoms with Crippen molar-refractivity contribution in [3.63, 3.8) is 0 Å². The van der Waals surface area contributed by atoms with Gasteiger partial charge in [0.2, 0.25) is 0 Å². The fraction of sp³-hybridized carbons (Fsp3) is 1.00. The van der Waals surface area contributed by atoms with Gasteiger partial charge in [-0.3, -0.25) is 0 Å². The molecule has 0 unspecified atom stereocenters. The van der Waals surface area contributed by atoms with Gasteiger partial charge in [-0.15, -0.1) is 0 Å². The lowest BCUT2D eigenvalue weighted by atomic mass is 9.95. The lowest BCUT2D eigenvalue weighted by Gasteiger charge is -2.23. The van der Waals surface area contributed by atoms with Crippen LogP contribution in [0.5, 0.6) is 0 Å². The van der Waals surface area contributed by atoms with E-state index in [0.717, 1.165) is 5.06 Å². The van der Waals surface area contributed by atoms with Gasteiger partial charge in [0.25, 0.3) is 0 Å². The van der Waals surface area contributed by atoms with Gasteiger partial charge >= 0.3 is 0 Å². The normalized spacial score (nSPS) is 12.7. The molecule has 0 saturated carbocycles. The number of hydrogen-bond donors (Lipinski definition) is 2. The summed E-state index contributed by atoms with van der Waals surface area (Å²) < 4.78 is 0. The van der Waals surface area contributed by atoms with Gasteiger partial charge in [0.15, 0.2) is 0 Å². The summed E-state index contributed by atoms with van der Waals surface area (Å²) in [6, 6.07) is 0. The summed E-state index contributed by atoms with van der Waals surface area (Å²) in [5, 5.41) is 18.5. The third-order valence-electron chi connectivity index (χ3n) is 1.08. The third-order valence-corrected chi connectivity index (χ3v) is 1.08. The van der Waals surface area contributed by atoms with E-state index in [2.05, 4.69) is 0 Å². The molecule has 0 rings (SSSR count). The quantitative estimate of drug-likeness (QED) is 0.545. The van der Waals surface area contributed by atoms with Gasteiger partial charge in [-0.2, -0.15) is 5.06 Å². The second-order valence-corrected chi connectivity index (χ2v) is 3.14. The van der Waals surface area contributed by atoms with Crippen LogP contribution in [-0.2, 0) is 0 Å². The minimum Gasteiger partial charge on any atom is -0.396 e. The Morgan fingerprint density at radius 1 is 1.44 bits per heavy atom. The average Bonchev–Trinajstić information content (AvgIpc) is 1.63. The van der Waals surface area contributed by atoms with Gasteiger partial charge in [-0.25, -0.2) is 0 Å². The van der Waals surface area contributed by atoms with Crippen molar-refractivity contribution >= 4 is 0 Å². The van der Waals surface area contributed by atoms with Crippen LogP contribution in [-0.4, -0.2) is 35.6 Å². The summed E-state index contributed by atoms with van der Waals surface area (Å²) in [6.07, 6.45) is 0. The Morgan fingerprint density at radius 3 is 2.00 bits per heavy atom. The molecule has 0 bridgehead atoms. The number of rotatable bonds is 3. The highest BCUT2D eigenvalue weighted by molar-refractivity contribution is 4.67. The van der Waals surface area contributed by atoms with Gasteiger partial charge in [-0.1, -0.05) is 13.8 Å². The number of aliphatic hydroxyl groups is 1. The summed E-state index contributed by atoms with van der Waals surface area (Å²) >= 11 is 0. The van der Waals surface area contributed by atoms with Crippen LogP contribution < -0.4 is 0 Å². The van der Waals surface area contributed by atoms with Crippen LogP contribution in [0.3, 0.4) is 0 Å². The molecule has 0 saturated heterocycles. The van der Waals surface area contributed by atoms with E-state index in [9.17, 15) is 0 Å². The first-order valence-corrected chi connectivity index (χ1v) is 2.99. The Morgan fingerprint density at radius 2 is 1.89 bits per heavy atom. The van der Waals surface area contributed by atoms with Crippen LogP contribution in [0.1, 0.15) is 13.8 Å². The van der Waals surface area contributed by atoms with Gasteiger partial charge in [0.05, 0.1) is 0 Å². The van der Waals surface area contributed by atoms with E-state index in [0.29, 0.717) is 6.54 Å². The largest absolute Gasteiger partial charge is 0.396 e. The van der Waals surface area contributed by atoms with E-state index in [1.807, 2.05) is 13.8 Å². The Balaban J connectivity index is 3.58. The second kappa shape index (κ2) is 3.15. The van der Waals surface area contributed by atoms with E-state index in [-0.39, 0.29) is 12.0 Å². The summed E-state index contributed by atoms with van der Waals surface area (Å²) in [5.74, 6) is 0. The first-order valence-electron chi connectivity index (χ1n) is 2.99. The number of nitrogens with zero attached hydrogens (tertiary/aromatic N) is 1. The van der Waals surface area contributed by atoms with Crippen LogP contribution in [0.25, 0.3) is 0 Å².